The van der Waals surface area contributed by atoms with Gasteiger partial charge in [-0.1, -0.05) is 11.2 Å². The Hall–Kier alpha value is -1.95. The van der Waals surface area contributed by atoms with E-state index in [1.165, 1.54) is 0 Å². The summed E-state index contributed by atoms with van der Waals surface area (Å²) in [5, 5.41) is 3.77. The van der Waals surface area contributed by atoms with Crippen molar-refractivity contribution in [2.45, 2.75) is 13.5 Å². The standard InChI is InChI=1S/C10H12N4O2/c1-2-15-6-9-13-10(16-14-9)7-4-3-5-8(11)12-7/h3-5H,2,6H2,1H3,(H2,11,12). The lowest BCUT2D eigenvalue weighted by atomic mass is 10.3. The van der Waals surface area contributed by atoms with Crippen molar-refractivity contribution in [3.05, 3.63) is 24.0 Å². The zero-order chi connectivity index (χ0) is 11.4. The fourth-order valence-electron chi connectivity index (χ4n) is 1.18. The molecule has 2 N–H and O–H groups in total. The number of hydrogen-bond donors (Lipinski definition) is 1. The second-order valence-electron chi connectivity index (χ2n) is 3.10. The van der Waals surface area contributed by atoms with Crippen molar-refractivity contribution >= 4 is 5.82 Å². The Labute approximate surface area is 92.4 Å². The second-order valence-corrected chi connectivity index (χ2v) is 3.10. The third-order valence-corrected chi connectivity index (χ3v) is 1.89. The molecule has 0 fully saturated rings. The van der Waals surface area contributed by atoms with E-state index >= 15 is 0 Å². The number of nitrogen functional groups attached to an aromatic ring is 1. The number of aromatic nitrogens is 3. The third-order valence-electron chi connectivity index (χ3n) is 1.89. The summed E-state index contributed by atoms with van der Waals surface area (Å²) >= 11 is 0. The van der Waals surface area contributed by atoms with E-state index in [1.54, 1.807) is 18.2 Å². The highest BCUT2D eigenvalue weighted by atomic mass is 16.5. The number of pyridine rings is 1. The van der Waals surface area contributed by atoms with Crippen LogP contribution in [-0.2, 0) is 11.3 Å². The van der Waals surface area contributed by atoms with Gasteiger partial charge in [0, 0.05) is 6.61 Å². The molecule has 0 aliphatic carbocycles. The van der Waals surface area contributed by atoms with Crippen LogP contribution in [0.5, 0.6) is 0 Å². The Balaban J connectivity index is 2.18. The smallest absolute Gasteiger partial charge is 0.276 e. The summed E-state index contributed by atoms with van der Waals surface area (Å²) in [5.74, 6) is 1.27. The van der Waals surface area contributed by atoms with Crippen molar-refractivity contribution in [1.29, 1.82) is 0 Å². The molecule has 0 aliphatic rings. The molecule has 0 radical (unpaired) electrons. The van der Waals surface area contributed by atoms with Gasteiger partial charge < -0.3 is 15.0 Å². The molecular formula is C10H12N4O2. The first-order valence-electron chi connectivity index (χ1n) is 4.93. The first kappa shape index (κ1) is 10.6. The summed E-state index contributed by atoms with van der Waals surface area (Å²) in [5.41, 5.74) is 6.12. The zero-order valence-electron chi connectivity index (χ0n) is 8.88. The van der Waals surface area contributed by atoms with Crippen LogP contribution in [-0.4, -0.2) is 21.7 Å². The fraction of sp³-hybridized carbons (Fsp3) is 0.300. The molecule has 16 heavy (non-hydrogen) atoms. The summed E-state index contributed by atoms with van der Waals surface area (Å²) in [6.07, 6.45) is 0. The van der Waals surface area contributed by atoms with Crippen molar-refractivity contribution < 1.29 is 9.26 Å². The van der Waals surface area contributed by atoms with Crippen LogP contribution in [0.25, 0.3) is 11.6 Å². The van der Waals surface area contributed by atoms with Crippen molar-refractivity contribution in [3.8, 4) is 11.6 Å². The van der Waals surface area contributed by atoms with Gasteiger partial charge in [0.15, 0.2) is 5.82 Å². The molecule has 6 nitrogen and oxygen atoms in total. The van der Waals surface area contributed by atoms with Crippen LogP contribution in [0.2, 0.25) is 0 Å². The Morgan fingerprint density at radius 3 is 3.00 bits per heavy atom. The van der Waals surface area contributed by atoms with E-state index in [1.807, 2.05) is 6.92 Å². The van der Waals surface area contributed by atoms with Crippen LogP contribution in [0.1, 0.15) is 12.7 Å². The number of ether oxygens (including phenoxy) is 1. The van der Waals surface area contributed by atoms with Gasteiger partial charge in [0.1, 0.15) is 18.1 Å². The van der Waals surface area contributed by atoms with E-state index in [2.05, 4.69) is 15.1 Å². The molecule has 0 saturated carbocycles. The van der Waals surface area contributed by atoms with Crippen molar-refractivity contribution in [2.75, 3.05) is 12.3 Å². The van der Waals surface area contributed by atoms with Crippen molar-refractivity contribution in [2.24, 2.45) is 0 Å². The second kappa shape index (κ2) is 4.71. The fourth-order valence-corrected chi connectivity index (χ4v) is 1.18. The normalized spacial score (nSPS) is 10.6. The number of anilines is 1. The summed E-state index contributed by atoms with van der Waals surface area (Å²) in [6.45, 7) is 2.85. The molecule has 84 valence electrons. The number of rotatable bonds is 4. The lowest BCUT2D eigenvalue weighted by Crippen LogP contribution is -1.94. The first-order chi connectivity index (χ1) is 7.79. The van der Waals surface area contributed by atoms with E-state index in [9.17, 15) is 0 Å². The highest BCUT2D eigenvalue weighted by Crippen LogP contribution is 2.15. The Morgan fingerprint density at radius 1 is 1.38 bits per heavy atom. The molecule has 0 atom stereocenters. The number of hydrogen-bond acceptors (Lipinski definition) is 6. The quantitative estimate of drug-likeness (QED) is 0.834. The highest BCUT2D eigenvalue weighted by Gasteiger charge is 2.09. The summed E-state index contributed by atoms with van der Waals surface area (Å²) in [7, 11) is 0. The average Bonchev–Trinajstić information content (AvgIpc) is 2.75. The lowest BCUT2D eigenvalue weighted by Gasteiger charge is -1.94. The molecule has 6 heteroatoms. The van der Waals surface area contributed by atoms with Crippen LogP contribution < -0.4 is 5.73 Å². The Bertz CT molecular complexity index is 469. The average molecular weight is 220 g/mol. The minimum atomic E-state index is 0.336. The van der Waals surface area contributed by atoms with Gasteiger partial charge in [-0.2, -0.15) is 4.98 Å². The number of nitrogens with two attached hydrogens (primary N) is 1. The molecule has 0 saturated heterocycles. The van der Waals surface area contributed by atoms with E-state index < -0.39 is 0 Å². The van der Waals surface area contributed by atoms with Gasteiger partial charge in [0.05, 0.1) is 0 Å². The molecule has 0 amide bonds. The molecule has 2 aromatic heterocycles. The number of nitrogens with zero attached hydrogens (tertiary/aromatic N) is 3. The van der Waals surface area contributed by atoms with Gasteiger partial charge in [-0.15, -0.1) is 0 Å². The topological polar surface area (TPSA) is 87.1 Å². The SMILES string of the molecule is CCOCc1noc(-c2cccc(N)n2)n1. The van der Waals surface area contributed by atoms with Gasteiger partial charge in [-0.3, -0.25) is 0 Å². The molecule has 0 bridgehead atoms. The van der Waals surface area contributed by atoms with Crippen LogP contribution in [0.15, 0.2) is 22.7 Å². The molecular weight excluding hydrogens is 208 g/mol. The van der Waals surface area contributed by atoms with Gasteiger partial charge in [-0.25, -0.2) is 4.98 Å². The van der Waals surface area contributed by atoms with Crippen molar-refractivity contribution in [3.63, 3.8) is 0 Å². The van der Waals surface area contributed by atoms with E-state index in [0.29, 0.717) is 36.4 Å². The van der Waals surface area contributed by atoms with Crippen molar-refractivity contribution in [1.82, 2.24) is 15.1 Å². The van der Waals surface area contributed by atoms with Gasteiger partial charge in [0.2, 0.25) is 0 Å². The van der Waals surface area contributed by atoms with Gasteiger partial charge >= 0.3 is 0 Å². The molecule has 2 aromatic rings. The molecule has 0 aliphatic heterocycles. The van der Waals surface area contributed by atoms with E-state index in [0.717, 1.165) is 0 Å². The first-order valence-corrected chi connectivity index (χ1v) is 4.93. The Kier molecular flexibility index (Phi) is 3.11. The maximum absolute atomic E-state index is 5.56. The van der Waals surface area contributed by atoms with Gasteiger partial charge in [-0.05, 0) is 19.1 Å². The van der Waals surface area contributed by atoms with Crippen LogP contribution >= 0.6 is 0 Å². The maximum atomic E-state index is 5.56. The van der Waals surface area contributed by atoms with Crippen LogP contribution in [0.4, 0.5) is 5.82 Å². The molecule has 0 aromatic carbocycles. The predicted octanol–water partition coefficient (Wildman–Crippen LogP) is 1.25. The highest BCUT2D eigenvalue weighted by molar-refractivity contribution is 5.49. The predicted molar refractivity (Wildman–Crippen MR) is 57.3 cm³/mol. The monoisotopic (exact) mass is 220 g/mol. The molecule has 0 unspecified atom stereocenters. The third kappa shape index (κ3) is 2.34. The molecule has 2 heterocycles. The molecule has 0 spiro atoms. The summed E-state index contributed by atoms with van der Waals surface area (Å²) in [6, 6.07) is 5.24. The zero-order valence-corrected chi connectivity index (χ0v) is 8.88. The largest absolute Gasteiger partial charge is 0.384 e. The lowest BCUT2D eigenvalue weighted by molar-refractivity contribution is 0.126. The van der Waals surface area contributed by atoms with E-state index in [-0.39, 0.29) is 0 Å². The summed E-state index contributed by atoms with van der Waals surface area (Å²) < 4.78 is 10.2. The minimum absolute atomic E-state index is 0.336. The Morgan fingerprint density at radius 2 is 2.25 bits per heavy atom. The van der Waals surface area contributed by atoms with Crippen LogP contribution in [0.3, 0.4) is 0 Å². The van der Waals surface area contributed by atoms with Gasteiger partial charge in [0.25, 0.3) is 5.89 Å². The molecule has 2 rings (SSSR count). The summed E-state index contributed by atoms with van der Waals surface area (Å²) in [4.78, 5) is 8.22. The van der Waals surface area contributed by atoms with Crippen LogP contribution in [0, 0.1) is 0 Å². The minimum Gasteiger partial charge on any atom is -0.384 e. The van der Waals surface area contributed by atoms with E-state index in [4.69, 9.17) is 15.0 Å². The maximum Gasteiger partial charge on any atom is 0.276 e.